The van der Waals surface area contributed by atoms with Crippen molar-refractivity contribution in [2.24, 2.45) is 0 Å². The van der Waals surface area contributed by atoms with Gasteiger partial charge >= 0.3 is 5.97 Å². The van der Waals surface area contributed by atoms with Crippen LogP contribution in [0.15, 0.2) is 66.7 Å². The molecule has 2 aromatic carbocycles. The molecule has 1 heterocycles. The third kappa shape index (κ3) is 3.69. The summed E-state index contributed by atoms with van der Waals surface area (Å²) in [5.41, 5.74) is 3.55. The molecule has 23 heavy (non-hydrogen) atoms. The number of fused-ring (bicyclic) bond motifs is 1. The molecule has 0 bridgehead atoms. The van der Waals surface area contributed by atoms with Gasteiger partial charge in [0.15, 0.2) is 0 Å². The van der Waals surface area contributed by atoms with E-state index in [1.165, 1.54) is 23.4 Å². The fourth-order valence-corrected chi connectivity index (χ4v) is 2.65. The second-order valence-corrected chi connectivity index (χ2v) is 5.40. The summed E-state index contributed by atoms with van der Waals surface area (Å²) >= 11 is 0. The molecule has 116 valence electrons. The minimum Gasteiger partial charge on any atom is -0.462 e. The number of nitrogens with zero attached hydrogens (tertiary/aromatic N) is 1. The molecule has 3 rings (SSSR count). The van der Waals surface area contributed by atoms with Crippen LogP contribution < -0.4 is 0 Å². The molecule has 0 aliphatic rings. The zero-order chi connectivity index (χ0) is 16.1. The highest BCUT2D eigenvalue weighted by molar-refractivity contribution is 5.83. The van der Waals surface area contributed by atoms with Crippen molar-refractivity contribution in [2.45, 2.75) is 13.5 Å². The van der Waals surface area contributed by atoms with E-state index in [4.69, 9.17) is 4.74 Å². The van der Waals surface area contributed by atoms with E-state index in [1.54, 1.807) is 0 Å². The Labute approximate surface area is 135 Å². The third-order valence-corrected chi connectivity index (χ3v) is 3.70. The summed E-state index contributed by atoms with van der Waals surface area (Å²) in [4.78, 5) is 10.8. The molecule has 3 nitrogen and oxygen atoms in total. The summed E-state index contributed by atoms with van der Waals surface area (Å²) in [5, 5.41) is 1.20. The maximum Gasteiger partial charge on any atom is 0.302 e. The van der Waals surface area contributed by atoms with Gasteiger partial charge in [0.2, 0.25) is 0 Å². The van der Waals surface area contributed by atoms with Crippen LogP contribution >= 0.6 is 0 Å². The van der Waals surface area contributed by atoms with Gasteiger partial charge in [0, 0.05) is 30.1 Å². The quantitative estimate of drug-likeness (QED) is 0.659. The molecule has 0 unspecified atom stereocenters. The first-order valence-electron chi connectivity index (χ1n) is 7.66. The predicted molar refractivity (Wildman–Crippen MR) is 93.1 cm³/mol. The van der Waals surface area contributed by atoms with Crippen molar-refractivity contribution in [3.63, 3.8) is 0 Å². The van der Waals surface area contributed by atoms with Crippen molar-refractivity contribution in [3.8, 4) is 0 Å². The Morgan fingerprint density at radius 1 is 1.09 bits per heavy atom. The smallest absolute Gasteiger partial charge is 0.302 e. The number of carbonyl (C=O) groups excluding carboxylic acids is 1. The van der Waals surface area contributed by atoms with Gasteiger partial charge in [-0.3, -0.25) is 4.79 Å². The molecule has 0 saturated heterocycles. The van der Waals surface area contributed by atoms with Crippen LogP contribution in [0, 0.1) is 0 Å². The van der Waals surface area contributed by atoms with E-state index >= 15 is 0 Å². The first kappa shape index (κ1) is 15.1. The normalized spacial score (nSPS) is 11.2. The Morgan fingerprint density at radius 2 is 1.83 bits per heavy atom. The zero-order valence-electron chi connectivity index (χ0n) is 13.1. The molecule has 0 radical (unpaired) electrons. The second kappa shape index (κ2) is 6.97. The SMILES string of the molecule is CC(=O)OCC=Cc1cc2ccccc2n1Cc1ccccc1. The van der Waals surface area contributed by atoms with Gasteiger partial charge in [-0.1, -0.05) is 48.5 Å². The van der Waals surface area contributed by atoms with Crippen molar-refractivity contribution in [2.75, 3.05) is 6.61 Å². The van der Waals surface area contributed by atoms with Crippen molar-refractivity contribution in [3.05, 3.63) is 78.0 Å². The minimum absolute atomic E-state index is 0.264. The van der Waals surface area contributed by atoms with Gasteiger partial charge in [-0.15, -0.1) is 0 Å². The van der Waals surface area contributed by atoms with Gasteiger partial charge in [0.05, 0.1) is 0 Å². The van der Waals surface area contributed by atoms with Crippen molar-refractivity contribution in [1.82, 2.24) is 4.57 Å². The third-order valence-electron chi connectivity index (χ3n) is 3.70. The largest absolute Gasteiger partial charge is 0.462 e. The number of para-hydroxylation sites is 1. The molecule has 0 amide bonds. The molecule has 0 aliphatic heterocycles. The maximum absolute atomic E-state index is 10.8. The Kier molecular flexibility index (Phi) is 4.57. The minimum atomic E-state index is -0.264. The van der Waals surface area contributed by atoms with E-state index in [0.29, 0.717) is 6.61 Å². The Balaban J connectivity index is 1.93. The van der Waals surface area contributed by atoms with Crippen LogP contribution in [0.1, 0.15) is 18.2 Å². The molecule has 0 N–H and O–H groups in total. The summed E-state index contributed by atoms with van der Waals surface area (Å²) in [6, 6.07) is 20.9. The lowest BCUT2D eigenvalue weighted by atomic mass is 10.2. The van der Waals surface area contributed by atoms with E-state index in [1.807, 2.05) is 24.3 Å². The fraction of sp³-hybridized carbons (Fsp3) is 0.150. The van der Waals surface area contributed by atoms with Crippen molar-refractivity contribution >= 4 is 22.9 Å². The van der Waals surface area contributed by atoms with E-state index in [-0.39, 0.29) is 5.97 Å². The Hall–Kier alpha value is -2.81. The molecule has 0 aliphatic carbocycles. The van der Waals surface area contributed by atoms with Crippen LogP contribution in [0.5, 0.6) is 0 Å². The Bertz CT molecular complexity index is 831. The van der Waals surface area contributed by atoms with Gasteiger partial charge < -0.3 is 9.30 Å². The molecular weight excluding hydrogens is 286 g/mol. The van der Waals surface area contributed by atoms with E-state index in [2.05, 4.69) is 53.1 Å². The molecule has 1 aromatic heterocycles. The standard InChI is InChI=1S/C20H19NO2/c1-16(22)23-13-7-11-19-14-18-10-5-6-12-20(18)21(19)15-17-8-3-2-4-9-17/h2-12,14H,13,15H2,1H3. The highest BCUT2D eigenvalue weighted by Crippen LogP contribution is 2.22. The number of hydrogen-bond donors (Lipinski definition) is 0. The molecule has 3 aromatic rings. The van der Waals surface area contributed by atoms with Crippen LogP contribution in [0.4, 0.5) is 0 Å². The number of carbonyl (C=O) groups is 1. The average Bonchev–Trinajstić information content (AvgIpc) is 2.90. The zero-order valence-corrected chi connectivity index (χ0v) is 13.1. The first-order valence-corrected chi connectivity index (χ1v) is 7.66. The first-order chi connectivity index (χ1) is 11.2. The van der Waals surface area contributed by atoms with Gasteiger partial charge in [0.1, 0.15) is 6.61 Å². The number of ether oxygens (including phenoxy) is 1. The average molecular weight is 305 g/mol. The molecule has 0 fully saturated rings. The van der Waals surface area contributed by atoms with Gasteiger partial charge in [-0.05, 0) is 29.8 Å². The number of esters is 1. The summed E-state index contributed by atoms with van der Waals surface area (Å²) < 4.78 is 7.23. The Morgan fingerprint density at radius 3 is 2.61 bits per heavy atom. The van der Waals surface area contributed by atoms with Crippen LogP contribution in [-0.4, -0.2) is 17.1 Å². The van der Waals surface area contributed by atoms with Crippen molar-refractivity contribution < 1.29 is 9.53 Å². The van der Waals surface area contributed by atoms with Gasteiger partial charge in [-0.2, -0.15) is 0 Å². The van der Waals surface area contributed by atoms with E-state index < -0.39 is 0 Å². The number of rotatable bonds is 5. The van der Waals surface area contributed by atoms with E-state index in [0.717, 1.165) is 12.2 Å². The summed E-state index contributed by atoms with van der Waals surface area (Å²) in [6.07, 6.45) is 3.88. The van der Waals surface area contributed by atoms with Crippen LogP contribution in [0.2, 0.25) is 0 Å². The van der Waals surface area contributed by atoms with Gasteiger partial charge in [0.25, 0.3) is 0 Å². The topological polar surface area (TPSA) is 31.2 Å². The highest BCUT2D eigenvalue weighted by Gasteiger charge is 2.06. The fourth-order valence-electron chi connectivity index (χ4n) is 2.65. The van der Waals surface area contributed by atoms with Crippen molar-refractivity contribution in [1.29, 1.82) is 0 Å². The lowest BCUT2D eigenvalue weighted by Crippen LogP contribution is -2.02. The summed E-state index contributed by atoms with van der Waals surface area (Å²) in [6.45, 7) is 2.52. The molecule has 0 spiro atoms. The summed E-state index contributed by atoms with van der Waals surface area (Å²) in [7, 11) is 0. The number of benzene rings is 2. The molecular formula is C20H19NO2. The van der Waals surface area contributed by atoms with Crippen LogP contribution in [0.3, 0.4) is 0 Å². The van der Waals surface area contributed by atoms with Crippen LogP contribution in [0.25, 0.3) is 17.0 Å². The highest BCUT2D eigenvalue weighted by atomic mass is 16.5. The van der Waals surface area contributed by atoms with Crippen LogP contribution in [-0.2, 0) is 16.1 Å². The molecule has 0 saturated carbocycles. The number of aromatic nitrogens is 1. The molecule has 3 heteroatoms. The predicted octanol–water partition coefficient (Wildman–Crippen LogP) is 4.27. The van der Waals surface area contributed by atoms with Gasteiger partial charge in [-0.25, -0.2) is 0 Å². The molecule has 0 atom stereocenters. The monoisotopic (exact) mass is 305 g/mol. The lowest BCUT2D eigenvalue weighted by molar-refractivity contribution is -0.139. The summed E-state index contributed by atoms with van der Waals surface area (Å²) in [5.74, 6) is -0.264. The van der Waals surface area contributed by atoms with E-state index in [9.17, 15) is 4.79 Å². The lowest BCUT2D eigenvalue weighted by Gasteiger charge is -2.09. The number of hydrogen-bond acceptors (Lipinski definition) is 2. The maximum atomic E-state index is 10.8. The second-order valence-electron chi connectivity index (χ2n) is 5.40.